The summed E-state index contributed by atoms with van der Waals surface area (Å²) in [5, 5.41) is 8.08. The maximum Gasteiger partial charge on any atom is 0.257 e. The molecule has 0 atom stereocenters. The molecule has 0 saturated carbocycles. The van der Waals surface area contributed by atoms with Crippen LogP contribution in [-0.2, 0) is 13.0 Å². The van der Waals surface area contributed by atoms with E-state index in [4.69, 9.17) is 21.3 Å². The fraction of sp³-hybridized carbons (Fsp3) is 0.208. The van der Waals surface area contributed by atoms with Crippen LogP contribution in [0.25, 0.3) is 5.65 Å². The van der Waals surface area contributed by atoms with Crippen LogP contribution >= 0.6 is 11.6 Å². The Morgan fingerprint density at radius 1 is 1.13 bits per heavy atom. The van der Waals surface area contributed by atoms with Crippen molar-refractivity contribution in [2.24, 2.45) is 0 Å². The van der Waals surface area contributed by atoms with Gasteiger partial charge in [-0.3, -0.25) is 4.79 Å². The van der Waals surface area contributed by atoms with Crippen molar-refractivity contribution < 1.29 is 9.53 Å². The van der Waals surface area contributed by atoms with Crippen molar-refractivity contribution >= 4 is 23.2 Å². The third kappa shape index (κ3) is 4.39. The molecule has 0 radical (unpaired) electrons. The maximum absolute atomic E-state index is 12.8. The second-order valence-electron chi connectivity index (χ2n) is 7.40. The number of amides is 1. The van der Waals surface area contributed by atoms with E-state index in [0.717, 1.165) is 33.8 Å². The van der Waals surface area contributed by atoms with Gasteiger partial charge in [0.15, 0.2) is 5.65 Å². The standard InChI is InChI=1S/C24H23ClN4O2/c1-15-21(12-17-6-4-8-19(25)10-17)16(2)29-23(28-15)22(14-27-29)24(30)26-13-18-7-5-9-20(11-18)31-3/h4-11,14H,12-13H2,1-3H3,(H,26,30). The minimum atomic E-state index is -0.216. The van der Waals surface area contributed by atoms with Crippen molar-refractivity contribution in [2.75, 3.05) is 7.11 Å². The first-order chi connectivity index (χ1) is 15.0. The molecule has 4 aromatic rings. The molecule has 1 amide bonds. The molecule has 0 unspecified atom stereocenters. The number of ether oxygens (including phenoxy) is 1. The Labute approximate surface area is 185 Å². The van der Waals surface area contributed by atoms with Gasteiger partial charge in [0, 0.05) is 29.4 Å². The fourth-order valence-corrected chi connectivity index (χ4v) is 3.85. The molecule has 0 aliphatic heterocycles. The van der Waals surface area contributed by atoms with Gasteiger partial charge in [0.1, 0.15) is 11.3 Å². The number of rotatable bonds is 6. The van der Waals surface area contributed by atoms with Crippen LogP contribution in [0.1, 0.15) is 38.4 Å². The summed E-state index contributed by atoms with van der Waals surface area (Å²) in [6.07, 6.45) is 2.26. The lowest BCUT2D eigenvalue weighted by molar-refractivity contribution is 0.0952. The number of nitrogens with zero attached hydrogens (tertiary/aromatic N) is 3. The number of hydrogen-bond acceptors (Lipinski definition) is 4. The number of methoxy groups -OCH3 is 1. The Morgan fingerprint density at radius 2 is 1.90 bits per heavy atom. The van der Waals surface area contributed by atoms with Gasteiger partial charge in [-0.2, -0.15) is 5.10 Å². The van der Waals surface area contributed by atoms with Gasteiger partial charge in [-0.25, -0.2) is 9.50 Å². The van der Waals surface area contributed by atoms with Crippen LogP contribution in [0, 0.1) is 13.8 Å². The molecule has 2 aromatic carbocycles. The first-order valence-corrected chi connectivity index (χ1v) is 10.3. The predicted molar refractivity (Wildman–Crippen MR) is 121 cm³/mol. The third-order valence-corrected chi connectivity index (χ3v) is 5.55. The van der Waals surface area contributed by atoms with Crippen LogP contribution in [-0.4, -0.2) is 27.6 Å². The molecule has 158 valence electrons. The topological polar surface area (TPSA) is 68.5 Å². The number of hydrogen-bond donors (Lipinski definition) is 1. The van der Waals surface area contributed by atoms with E-state index in [0.29, 0.717) is 29.2 Å². The van der Waals surface area contributed by atoms with E-state index in [2.05, 4.69) is 10.4 Å². The third-order valence-electron chi connectivity index (χ3n) is 5.31. The van der Waals surface area contributed by atoms with E-state index in [9.17, 15) is 4.79 Å². The van der Waals surface area contributed by atoms with Crippen LogP contribution < -0.4 is 10.1 Å². The Morgan fingerprint density at radius 3 is 2.68 bits per heavy atom. The minimum Gasteiger partial charge on any atom is -0.497 e. The summed E-state index contributed by atoms with van der Waals surface area (Å²) in [5.74, 6) is 0.537. The predicted octanol–water partition coefficient (Wildman–Crippen LogP) is 4.53. The molecule has 0 saturated heterocycles. The molecule has 1 N–H and O–H groups in total. The highest BCUT2D eigenvalue weighted by atomic mass is 35.5. The average molecular weight is 435 g/mol. The summed E-state index contributed by atoms with van der Waals surface area (Å²) in [6, 6.07) is 15.4. The second kappa shape index (κ2) is 8.78. The number of aromatic nitrogens is 3. The summed E-state index contributed by atoms with van der Waals surface area (Å²) in [4.78, 5) is 17.5. The molecule has 2 aromatic heterocycles. The van der Waals surface area contributed by atoms with Crippen molar-refractivity contribution in [3.8, 4) is 5.75 Å². The van der Waals surface area contributed by atoms with Gasteiger partial charge in [0.25, 0.3) is 5.91 Å². The van der Waals surface area contributed by atoms with Crippen LogP contribution in [0.3, 0.4) is 0 Å². The Balaban J connectivity index is 1.59. The molecule has 0 spiro atoms. The molecule has 31 heavy (non-hydrogen) atoms. The van der Waals surface area contributed by atoms with E-state index >= 15 is 0 Å². The zero-order valence-corrected chi connectivity index (χ0v) is 18.4. The van der Waals surface area contributed by atoms with E-state index < -0.39 is 0 Å². The minimum absolute atomic E-state index is 0.216. The molecule has 0 fully saturated rings. The zero-order chi connectivity index (χ0) is 22.0. The monoisotopic (exact) mass is 434 g/mol. The number of aryl methyl sites for hydroxylation is 2. The van der Waals surface area contributed by atoms with Crippen molar-refractivity contribution in [2.45, 2.75) is 26.8 Å². The number of nitrogens with one attached hydrogen (secondary N) is 1. The number of halogens is 1. The summed E-state index contributed by atoms with van der Waals surface area (Å²) in [7, 11) is 1.62. The van der Waals surface area contributed by atoms with Crippen molar-refractivity contribution in [3.05, 3.63) is 93.4 Å². The normalized spacial score (nSPS) is 11.0. The molecule has 6 nitrogen and oxygen atoms in total. The lowest BCUT2D eigenvalue weighted by Crippen LogP contribution is -2.23. The number of carbonyl (C=O) groups is 1. The van der Waals surface area contributed by atoms with Crippen LogP contribution in [0.4, 0.5) is 0 Å². The van der Waals surface area contributed by atoms with Gasteiger partial charge in [-0.1, -0.05) is 35.9 Å². The summed E-state index contributed by atoms with van der Waals surface area (Å²) >= 11 is 6.13. The Bertz CT molecular complexity index is 1270. The number of carbonyl (C=O) groups excluding carboxylic acids is 1. The van der Waals surface area contributed by atoms with Gasteiger partial charge < -0.3 is 10.1 Å². The van der Waals surface area contributed by atoms with Crippen LogP contribution in [0.15, 0.2) is 54.7 Å². The largest absolute Gasteiger partial charge is 0.497 e. The Hall–Kier alpha value is -3.38. The second-order valence-corrected chi connectivity index (χ2v) is 7.83. The number of fused-ring (bicyclic) bond motifs is 1. The van der Waals surface area contributed by atoms with Gasteiger partial charge in [0.05, 0.1) is 13.3 Å². The molecule has 7 heteroatoms. The Kier molecular flexibility index (Phi) is 5.91. The molecular formula is C24H23ClN4O2. The van der Waals surface area contributed by atoms with Crippen LogP contribution in [0.5, 0.6) is 5.75 Å². The first-order valence-electron chi connectivity index (χ1n) is 9.95. The lowest BCUT2D eigenvalue weighted by atomic mass is 10.0. The van der Waals surface area contributed by atoms with Gasteiger partial charge in [0.2, 0.25) is 0 Å². The molecule has 0 aliphatic carbocycles. The first kappa shape index (κ1) is 20.9. The zero-order valence-electron chi connectivity index (χ0n) is 17.6. The van der Waals surface area contributed by atoms with Gasteiger partial charge in [-0.15, -0.1) is 0 Å². The maximum atomic E-state index is 12.8. The van der Waals surface area contributed by atoms with E-state index in [1.165, 1.54) is 0 Å². The SMILES string of the molecule is COc1cccc(CNC(=O)c2cnn3c(C)c(Cc4cccc(Cl)c4)c(C)nc23)c1. The van der Waals surface area contributed by atoms with Gasteiger partial charge in [-0.05, 0) is 54.8 Å². The van der Waals surface area contributed by atoms with Crippen molar-refractivity contribution in [1.29, 1.82) is 0 Å². The highest BCUT2D eigenvalue weighted by Gasteiger charge is 2.18. The molecule has 0 aliphatic rings. The van der Waals surface area contributed by atoms with Gasteiger partial charge >= 0.3 is 0 Å². The summed E-state index contributed by atoms with van der Waals surface area (Å²) in [5.41, 5.74) is 5.94. The molecule has 4 rings (SSSR count). The molecular weight excluding hydrogens is 412 g/mol. The van der Waals surface area contributed by atoms with E-state index in [-0.39, 0.29) is 5.91 Å². The average Bonchev–Trinajstić information content (AvgIpc) is 3.19. The van der Waals surface area contributed by atoms with Crippen molar-refractivity contribution in [1.82, 2.24) is 19.9 Å². The van der Waals surface area contributed by atoms with E-state index in [1.54, 1.807) is 17.8 Å². The van der Waals surface area contributed by atoms with Crippen LogP contribution in [0.2, 0.25) is 5.02 Å². The van der Waals surface area contributed by atoms with Crippen molar-refractivity contribution in [3.63, 3.8) is 0 Å². The van der Waals surface area contributed by atoms with E-state index in [1.807, 2.05) is 62.4 Å². The summed E-state index contributed by atoms with van der Waals surface area (Å²) in [6.45, 7) is 4.34. The highest BCUT2D eigenvalue weighted by Crippen LogP contribution is 2.22. The quantitative estimate of drug-likeness (QED) is 0.484. The number of benzene rings is 2. The smallest absolute Gasteiger partial charge is 0.257 e. The molecule has 2 heterocycles. The summed E-state index contributed by atoms with van der Waals surface area (Å²) < 4.78 is 6.96. The molecule has 0 bridgehead atoms. The highest BCUT2D eigenvalue weighted by molar-refractivity contribution is 6.30. The fourth-order valence-electron chi connectivity index (χ4n) is 3.64. The lowest BCUT2D eigenvalue weighted by Gasteiger charge is -2.12.